The Morgan fingerprint density at radius 3 is 2.25 bits per heavy atom. The summed E-state index contributed by atoms with van der Waals surface area (Å²) in [5.74, 6) is -1.23. The van der Waals surface area contributed by atoms with E-state index < -0.39 is 23.3 Å². The van der Waals surface area contributed by atoms with Gasteiger partial charge in [-0.05, 0) is 25.0 Å². The van der Waals surface area contributed by atoms with Crippen molar-refractivity contribution in [1.29, 1.82) is 0 Å². The van der Waals surface area contributed by atoms with Crippen molar-refractivity contribution in [1.82, 2.24) is 14.5 Å². The van der Waals surface area contributed by atoms with Crippen molar-refractivity contribution in [2.24, 2.45) is 20.0 Å². The van der Waals surface area contributed by atoms with Crippen molar-refractivity contribution in [3.8, 4) is 0 Å². The highest BCUT2D eigenvalue weighted by Crippen LogP contribution is 2.09. The summed E-state index contributed by atoms with van der Waals surface area (Å²) in [5.41, 5.74) is 0.747. The van der Waals surface area contributed by atoms with Crippen LogP contribution in [0.2, 0.25) is 0 Å². The molecule has 1 N–H and O–H groups in total. The standard InChI is InChI=1S/C20H25N3O5/c1-12(2)17(21-18(25)14-8-6-13(3)7-9-14)19(26)28-11-15-10-16(24)23(5)20(27)22(15)4/h6-10,12,17H,11H2,1-5H3,(H,21,25)/t17-/m0/s1. The molecule has 0 saturated heterocycles. The molecule has 0 aliphatic heterocycles. The largest absolute Gasteiger partial charge is 0.458 e. The Hall–Kier alpha value is -3.16. The third-order valence-electron chi connectivity index (χ3n) is 4.51. The average molecular weight is 387 g/mol. The minimum Gasteiger partial charge on any atom is -0.458 e. The SMILES string of the molecule is Cc1ccc(C(=O)N[C@H](C(=O)OCc2cc(=O)n(C)c(=O)n2C)C(C)C)cc1. The van der Waals surface area contributed by atoms with Gasteiger partial charge in [-0.25, -0.2) is 9.59 Å². The van der Waals surface area contributed by atoms with Gasteiger partial charge in [0.1, 0.15) is 12.6 Å². The van der Waals surface area contributed by atoms with Crippen molar-refractivity contribution in [2.75, 3.05) is 0 Å². The third kappa shape index (κ3) is 4.76. The maximum absolute atomic E-state index is 12.5. The normalized spacial score (nSPS) is 11.9. The molecule has 0 fully saturated rings. The van der Waals surface area contributed by atoms with E-state index in [1.807, 2.05) is 19.1 Å². The number of aryl methyl sites for hydroxylation is 1. The lowest BCUT2D eigenvalue weighted by atomic mass is 10.0. The second kappa shape index (κ2) is 8.69. The number of esters is 1. The second-order valence-electron chi connectivity index (χ2n) is 7.04. The summed E-state index contributed by atoms with van der Waals surface area (Å²) in [4.78, 5) is 48.7. The van der Waals surface area contributed by atoms with Crippen molar-refractivity contribution < 1.29 is 14.3 Å². The van der Waals surface area contributed by atoms with E-state index in [1.165, 1.54) is 24.7 Å². The van der Waals surface area contributed by atoms with Gasteiger partial charge in [0.25, 0.3) is 11.5 Å². The number of carbonyl (C=O) groups excluding carboxylic acids is 2. The van der Waals surface area contributed by atoms with Crippen LogP contribution in [-0.2, 0) is 30.2 Å². The molecule has 0 radical (unpaired) electrons. The van der Waals surface area contributed by atoms with Crippen LogP contribution in [0, 0.1) is 12.8 Å². The lowest BCUT2D eigenvalue weighted by Crippen LogP contribution is -2.45. The van der Waals surface area contributed by atoms with Crippen molar-refractivity contribution in [3.05, 3.63) is 68.0 Å². The topological polar surface area (TPSA) is 99.4 Å². The smallest absolute Gasteiger partial charge is 0.330 e. The third-order valence-corrected chi connectivity index (χ3v) is 4.51. The average Bonchev–Trinajstić information content (AvgIpc) is 2.66. The Kier molecular flexibility index (Phi) is 6.56. The molecule has 2 rings (SSSR count). The molecular weight excluding hydrogens is 362 g/mol. The first-order valence-corrected chi connectivity index (χ1v) is 8.92. The number of amides is 1. The molecule has 1 aromatic heterocycles. The van der Waals surface area contributed by atoms with Gasteiger partial charge in [0.2, 0.25) is 0 Å². The minimum absolute atomic E-state index is 0.214. The Balaban J connectivity index is 2.11. The van der Waals surface area contributed by atoms with Gasteiger partial charge in [-0.3, -0.25) is 18.7 Å². The van der Waals surface area contributed by atoms with E-state index in [2.05, 4.69) is 5.32 Å². The lowest BCUT2D eigenvalue weighted by Gasteiger charge is -2.21. The molecule has 150 valence electrons. The zero-order valence-electron chi connectivity index (χ0n) is 16.7. The van der Waals surface area contributed by atoms with Crippen LogP contribution in [0.4, 0.5) is 0 Å². The molecule has 0 spiro atoms. The van der Waals surface area contributed by atoms with Gasteiger partial charge in [0, 0.05) is 25.7 Å². The molecule has 0 aliphatic rings. The number of benzene rings is 1. The maximum atomic E-state index is 12.5. The molecule has 0 unspecified atom stereocenters. The van der Waals surface area contributed by atoms with Crippen molar-refractivity contribution in [2.45, 2.75) is 33.4 Å². The first-order chi connectivity index (χ1) is 13.1. The van der Waals surface area contributed by atoms with Crippen LogP contribution in [0.1, 0.15) is 35.5 Å². The number of hydrogen-bond acceptors (Lipinski definition) is 5. The van der Waals surface area contributed by atoms with Gasteiger partial charge in [-0.1, -0.05) is 31.5 Å². The molecular formula is C20H25N3O5. The van der Waals surface area contributed by atoms with E-state index in [-0.39, 0.29) is 24.1 Å². The first-order valence-electron chi connectivity index (χ1n) is 8.92. The fourth-order valence-electron chi connectivity index (χ4n) is 2.58. The maximum Gasteiger partial charge on any atom is 0.330 e. The predicted octanol–water partition coefficient (Wildman–Crippen LogP) is 0.890. The van der Waals surface area contributed by atoms with Gasteiger partial charge in [-0.15, -0.1) is 0 Å². The number of ether oxygens (including phenoxy) is 1. The highest BCUT2D eigenvalue weighted by atomic mass is 16.5. The molecule has 1 atom stereocenters. The number of aromatic nitrogens is 2. The summed E-state index contributed by atoms with van der Waals surface area (Å²) >= 11 is 0. The van der Waals surface area contributed by atoms with Crippen LogP contribution in [0.25, 0.3) is 0 Å². The van der Waals surface area contributed by atoms with Gasteiger partial charge >= 0.3 is 11.7 Å². The molecule has 1 aromatic carbocycles. The highest BCUT2D eigenvalue weighted by Gasteiger charge is 2.26. The lowest BCUT2D eigenvalue weighted by molar-refractivity contribution is -0.148. The summed E-state index contributed by atoms with van der Waals surface area (Å²) in [6.07, 6.45) is 0. The molecule has 8 heteroatoms. The molecule has 1 heterocycles. The second-order valence-corrected chi connectivity index (χ2v) is 7.04. The van der Waals surface area contributed by atoms with E-state index >= 15 is 0 Å². The summed E-state index contributed by atoms with van der Waals surface area (Å²) < 4.78 is 7.48. The Bertz CT molecular complexity index is 986. The van der Waals surface area contributed by atoms with E-state index in [0.29, 0.717) is 5.56 Å². The van der Waals surface area contributed by atoms with Gasteiger partial charge in [-0.2, -0.15) is 0 Å². The Morgan fingerprint density at radius 1 is 1.07 bits per heavy atom. The van der Waals surface area contributed by atoms with Crippen LogP contribution in [0.5, 0.6) is 0 Å². The summed E-state index contributed by atoms with van der Waals surface area (Å²) in [5, 5.41) is 2.69. The quantitative estimate of drug-likeness (QED) is 0.742. The molecule has 28 heavy (non-hydrogen) atoms. The molecule has 0 saturated carbocycles. The predicted molar refractivity (Wildman–Crippen MR) is 104 cm³/mol. The molecule has 0 aliphatic carbocycles. The monoisotopic (exact) mass is 387 g/mol. The van der Waals surface area contributed by atoms with Gasteiger partial charge < -0.3 is 10.1 Å². The van der Waals surface area contributed by atoms with Gasteiger partial charge in [0.15, 0.2) is 0 Å². The van der Waals surface area contributed by atoms with Gasteiger partial charge in [0.05, 0.1) is 5.69 Å². The van der Waals surface area contributed by atoms with Crippen LogP contribution in [0.3, 0.4) is 0 Å². The zero-order valence-corrected chi connectivity index (χ0v) is 16.7. The number of carbonyl (C=O) groups is 2. The van der Waals surface area contributed by atoms with Crippen LogP contribution < -0.4 is 16.6 Å². The molecule has 0 bridgehead atoms. The minimum atomic E-state index is -0.864. The number of rotatable bonds is 6. The molecule has 2 aromatic rings. The fraction of sp³-hybridized carbons (Fsp3) is 0.400. The van der Waals surface area contributed by atoms with E-state index in [0.717, 1.165) is 10.1 Å². The van der Waals surface area contributed by atoms with E-state index in [9.17, 15) is 19.2 Å². The molecule has 8 nitrogen and oxygen atoms in total. The Labute approximate surface area is 162 Å². The molecule has 1 amide bonds. The summed E-state index contributed by atoms with van der Waals surface area (Å²) in [6.45, 7) is 5.25. The van der Waals surface area contributed by atoms with Crippen molar-refractivity contribution in [3.63, 3.8) is 0 Å². The summed E-state index contributed by atoms with van der Waals surface area (Å²) in [7, 11) is 2.86. The van der Waals surface area contributed by atoms with E-state index in [1.54, 1.807) is 26.0 Å². The number of hydrogen-bond donors (Lipinski definition) is 1. The first kappa shape index (κ1) is 21.1. The number of nitrogens with one attached hydrogen (secondary N) is 1. The van der Waals surface area contributed by atoms with Crippen LogP contribution >= 0.6 is 0 Å². The zero-order chi connectivity index (χ0) is 21.0. The van der Waals surface area contributed by atoms with E-state index in [4.69, 9.17) is 4.74 Å². The van der Waals surface area contributed by atoms with Crippen LogP contribution in [0.15, 0.2) is 39.9 Å². The fourth-order valence-corrected chi connectivity index (χ4v) is 2.58. The highest BCUT2D eigenvalue weighted by molar-refractivity contribution is 5.96. The van der Waals surface area contributed by atoms with Crippen molar-refractivity contribution >= 4 is 11.9 Å². The summed E-state index contributed by atoms with van der Waals surface area (Å²) in [6, 6.07) is 7.37. The van der Waals surface area contributed by atoms with Crippen LogP contribution in [-0.4, -0.2) is 27.1 Å². The number of nitrogens with zero attached hydrogens (tertiary/aromatic N) is 2. The Morgan fingerprint density at radius 2 is 1.68 bits per heavy atom.